The van der Waals surface area contributed by atoms with Crippen LogP contribution < -0.4 is 24.8 Å². The first kappa shape index (κ1) is 26.5. The molecule has 0 aromatic heterocycles. The fraction of sp³-hybridized carbons (Fsp3) is 0.667. The third kappa shape index (κ3) is 3.89. The van der Waals surface area contributed by atoms with Crippen molar-refractivity contribution in [3.63, 3.8) is 0 Å². The van der Waals surface area contributed by atoms with Gasteiger partial charge in [-0.25, -0.2) is 0 Å². The zero-order chi connectivity index (χ0) is 19.7. The molecule has 0 saturated carbocycles. The van der Waals surface area contributed by atoms with E-state index < -0.39 is 8.07 Å². The molecule has 0 saturated heterocycles. The van der Waals surface area contributed by atoms with Crippen LogP contribution in [0.3, 0.4) is 0 Å². The molecule has 3 aliphatic rings. The van der Waals surface area contributed by atoms with Crippen molar-refractivity contribution in [1.29, 1.82) is 0 Å². The molecule has 3 rings (SSSR count). The third-order valence-corrected chi connectivity index (χ3v) is 15.6. The Morgan fingerprint density at radius 1 is 0.714 bits per heavy atom. The van der Waals surface area contributed by atoms with Gasteiger partial charge in [-0.1, -0.05) is 0 Å². The maximum Gasteiger partial charge on any atom is -1.00 e. The molecule has 0 spiro atoms. The first-order valence-corrected chi connectivity index (χ1v) is 14.5. The molecule has 1 aliphatic heterocycles. The normalized spacial score (nSPS) is 21.1. The molecule has 0 atom stereocenters. The van der Waals surface area contributed by atoms with E-state index in [1.807, 2.05) is 29.3 Å². The maximum atomic E-state index is 2.50. The quantitative estimate of drug-likeness (QED) is 0.536. The Balaban J connectivity index is 0.00000196. The Bertz CT molecular complexity index is 716. The van der Waals surface area contributed by atoms with Crippen molar-refractivity contribution in [2.45, 2.75) is 94.2 Å². The Morgan fingerprint density at radius 2 is 1.04 bits per heavy atom. The van der Waals surface area contributed by atoms with E-state index in [2.05, 4.69) is 69.2 Å². The molecule has 28 heavy (non-hydrogen) atoms. The summed E-state index contributed by atoms with van der Waals surface area (Å²) < 4.78 is 3.74. The summed E-state index contributed by atoms with van der Waals surface area (Å²) in [5, 5.41) is 3.79. The molecule has 4 bridgehead atoms. The van der Waals surface area contributed by atoms with E-state index in [-0.39, 0.29) is 44.0 Å². The van der Waals surface area contributed by atoms with Crippen LogP contribution in [0.25, 0.3) is 0 Å². The van der Waals surface area contributed by atoms with Gasteiger partial charge in [0.2, 0.25) is 0 Å². The Morgan fingerprint density at radius 3 is 1.29 bits per heavy atom. The molecular weight excluding hydrogens is 435 g/mol. The van der Waals surface area contributed by atoms with E-state index in [1.165, 1.54) is 24.9 Å². The minimum atomic E-state index is -1.70. The average Bonchev–Trinajstić information content (AvgIpc) is 3.05. The van der Waals surface area contributed by atoms with E-state index in [0.717, 1.165) is 0 Å². The summed E-state index contributed by atoms with van der Waals surface area (Å²) in [5.74, 6) is 0. The molecule has 0 nitrogen and oxygen atoms in total. The summed E-state index contributed by atoms with van der Waals surface area (Å²) in [5.41, 5.74) is 7.73. The number of hydrogen-bond acceptors (Lipinski definition) is 0. The fourth-order valence-corrected chi connectivity index (χ4v) is 14.4. The van der Waals surface area contributed by atoms with Crippen molar-refractivity contribution >= 4 is 8.07 Å². The Hall–Kier alpha value is 0.471. The van der Waals surface area contributed by atoms with Crippen LogP contribution in [0.15, 0.2) is 40.4 Å². The van der Waals surface area contributed by atoms with Gasteiger partial charge in [0.25, 0.3) is 0 Å². The molecule has 2 aliphatic carbocycles. The van der Waals surface area contributed by atoms with Crippen molar-refractivity contribution in [2.75, 3.05) is 0 Å². The molecule has 156 valence electrons. The van der Waals surface area contributed by atoms with Gasteiger partial charge in [0, 0.05) is 0 Å². The van der Waals surface area contributed by atoms with Gasteiger partial charge in [0.05, 0.1) is 0 Å². The summed E-state index contributed by atoms with van der Waals surface area (Å²) in [6.45, 7) is 24.8. The predicted molar refractivity (Wildman–Crippen MR) is 114 cm³/mol. The topological polar surface area (TPSA) is 0 Å². The molecule has 0 N–H and O–H groups in total. The van der Waals surface area contributed by atoms with Gasteiger partial charge in [0.15, 0.2) is 0 Å². The van der Waals surface area contributed by atoms with Gasteiger partial charge >= 0.3 is 173 Å². The molecule has 0 aromatic rings. The summed E-state index contributed by atoms with van der Waals surface area (Å²) in [6.07, 6.45) is 2.60. The van der Waals surface area contributed by atoms with Crippen molar-refractivity contribution in [3.05, 3.63) is 40.4 Å². The van der Waals surface area contributed by atoms with Gasteiger partial charge < -0.3 is 24.8 Å². The number of halogens is 2. The van der Waals surface area contributed by atoms with Crippen molar-refractivity contribution in [2.24, 2.45) is 10.8 Å². The first-order chi connectivity index (χ1) is 11.9. The molecule has 0 fully saturated rings. The van der Waals surface area contributed by atoms with Crippen molar-refractivity contribution in [1.82, 2.24) is 0 Å². The van der Waals surface area contributed by atoms with Crippen LogP contribution in [0.5, 0.6) is 0 Å². The number of rotatable bonds is 2. The SMILES string of the molecule is CC[Si]1(CC)C2=C(C(C)(C)C)C[C](=C2C)[Ti+2][C]2=C(C)C1=C(C(C)(C)C)C2.[Cl-].[Cl-]. The minimum Gasteiger partial charge on any atom is -1.00 e. The van der Waals surface area contributed by atoms with Crippen LogP contribution in [-0.2, 0) is 19.2 Å². The van der Waals surface area contributed by atoms with Crippen LogP contribution in [-0.4, -0.2) is 8.07 Å². The van der Waals surface area contributed by atoms with Crippen LogP contribution in [0, 0.1) is 10.8 Å². The minimum absolute atomic E-state index is 0. The molecule has 4 heteroatoms. The predicted octanol–water partition coefficient (Wildman–Crippen LogP) is 1.70. The summed E-state index contributed by atoms with van der Waals surface area (Å²) in [6, 6.07) is 2.73. The molecule has 1 heterocycles. The van der Waals surface area contributed by atoms with Crippen LogP contribution in [0.1, 0.15) is 82.1 Å². The van der Waals surface area contributed by atoms with Crippen LogP contribution in [0.4, 0.5) is 0 Å². The first-order valence-electron chi connectivity index (χ1n) is 10.5. The Kier molecular flexibility index (Phi) is 8.09. The van der Waals surface area contributed by atoms with Crippen LogP contribution >= 0.6 is 0 Å². The third-order valence-electron chi connectivity index (χ3n) is 7.24. The van der Waals surface area contributed by atoms with E-state index in [0.29, 0.717) is 10.8 Å². The zero-order valence-corrected chi connectivity index (χ0v) is 23.7. The van der Waals surface area contributed by atoms with Gasteiger partial charge in [-0.05, 0) is 0 Å². The van der Waals surface area contributed by atoms with Gasteiger partial charge in [-0.2, -0.15) is 0 Å². The Labute approximate surface area is 196 Å². The summed E-state index contributed by atoms with van der Waals surface area (Å²) in [7, 11) is -1.70. The summed E-state index contributed by atoms with van der Waals surface area (Å²) in [4.78, 5) is 0. The number of allylic oxidation sites excluding steroid dienone is 8. The van der Waals surface area contributed by atoms with Crippen molar-refractivity contribution in [3.8, 4) is 0 Å². The monoisotopic (exact) mass is 472 g/mol. The number of fused-ring (bicyclic) bond motifs is 2. The fourth-order valence-electron chi connectivity index (χ4n) is 5.67. The largest absolute Gasteiger partial charge is 1.00 e. The van der Waals surface area contributed by atoms with E-state index in [9.17, 15) is 0 Å². The molecule has 0 unspecified atom stereocenters. The van der Waals surface area contributed by atoms with Gasteiger partial charge in [-0.3, -0.25) is 0 Å². The molecular formula is C24H38Cl2SiTi. The molecule has 0 aromatic carbocycles. The zero-order valence-electron chi connectivity index (χ0n) is 19.6. The molecule has 0 amide bonds. The standard InChI is InChI=1S/C24H38Si.2ClH.Ti/c1-11-25(12-2,21-17(3)13-15-19(21)23(5,6)7)22-18(4)14-16-20(22)24(8,9)10;;;/h11-12,15-16H2,1-10H3;2*1H;/q;;;+2/p-2. The smallest absolute Gasteiger partial charge is 1.00 e. The van der Waals surface area contributed by atoms with Gasteiger partial charge in [0.1, 0.15) is 0 Å². The molecule has 0 radical (unpaired) electrons. The second kappa shape index (κ2) is 8.54. The van der Waals surface area contributed by atoms with E-state index in [1.54, 1.807) is 11.1 Å². The second-order valence-corrected chi connectivity index (χ2v) is 17.5. The second-order valence-electron chi connectivity index (χ2n) is 10.7. The van der Waals surface area contributed by atoms with E-state index >= 15 is 0 Å². The van der Waals surface area contributed by atoms with E-state index in [4.69, 9.17) is 0 Å². The maximum absolute atomic E-state index is 2.50. The van der Waals surface area contributed by atoms with Gasteiger partial charge in [-0.15, -0.1) is 0 Å². The average molecular weight is 473 g/mol. The number of hydrogen-bond donors (Lipinski definition) is 0. The van der Waals surface area contributed by atoms with Crippen molar-refractivity contribution < 1.29 is 44.0 Å². The summed E-state index contributed by atoms with van der Waals surface area (Å²) >= 11 is -0.127. The van der Waals surface area contributed by atoms with Crippen LogP contribution in [0.2, 0.25) is 12.1 Å².